The lowest BCUT2D eigenvalue weighted by Crippen LogP contribution is -2.38. The Labute approximate surface area is 203 Å². The van der Waals surface area contributed by atoms with Gasteiger partial charge in [0.25, 0.3) is 0 Å². The number of amides is 2. The zero-order valence-electron chi connectivity index (χ0n) is 19.1. The Morgan fingerprint density at radius 2 is 1.91 bits per heavy atom. The SMILES string of the molecule is Cc1ccccc1N=C1SC(CC(=O)Nc2cccc3ccccc23)C(=O)N1CC1CCCO1. The molecule has 34 heavy (non-hydrogen) atoms. The van der Waals surface area contributed by atoms with Crippen molar-refractivity contribution in [2.75, 3.05) is 18.5 Å². The van der Waals surface area contributed by atoms with Gasteiger partial charge in [0.2, 0.25) is 11.8 Å². The summed E-state index contributed by atoms with van der Waals surface area (Å²) >= 11 is 1.37. The lowest BCUT2D eigenvalue weighted by molar-refractivity contribution is -0.129. The van der Waals surface area contributed by atoms with E-state index in [4.69, 9.17) is 9.73 Å². The number of benzene rings is 3. The molecule has 6 nitrogen and oxygen atoms in total. The van der Waals surface area contributed by atoms with Crippen LogP contribution in [0, 0.1) is 6.92 Å². The largest absolute Gasteiger partial charge is 0.376 e. The minimum absolute atomic E-state index is 0.00915. The highest BCUT2D eigenvalue weighted by atomic mass is 32.2. The second-order valence-electron chi connectivity index (χ2n) is 8.65. The molecule has 0 saturated carbocycles. The quantitative estimate of drug-likeness (QED) is 0.528. The summed E-state index contributed by atoms with van der Waals surface area (Å²) in [5, 5.41) is 5.16. The smallest absolute Gasteiger partial charge is 0.242 e. The van der Waals surface area contributed by atoms with Gasteiger partial charge in [0, 0.05) is 24.1 Å². The van der Waals surface area contributed by atoms with Crippen LogP contribution >= 0.6 is 11.8 Å². The van der Waals surface area contributed by atoms with Crippen LogP contribution in [0.1, 0.15) is 24.8 Å². The number of anilines is 1. The zero-order valence-corrected chi connectivity index (χ0v) is 19.9. The number of carbonyl (C=O) groups is 2. The van der Waals surface area contributed by atoms with Gasteiger partial charge < -0.3 is 10.1 Å². The van der Waals surface area contributed by atoms with Gasteiger partial charge in [-0.25, -0.2) is 4.99 Å². The maximum atomic E-state index is 13.4. The number of para-hydroxylation sites is 1. The Morgan fingerprint density at radius 1 is 1.12 bits per heavy atom. The van der Waals surface area contributed by atoms with Crippen LogP contribution in [0.25, 0.3) is 10.8 Å². The number of nitrogens with zero attached hydrogens (tertiary/aromatic N) is 2. The van der Waals surface area contributed by atoms with Crippen LogP contribution in [-0.4, -0.2) is 46.4 Å². The fraction of sp³-hybridized carbons (Fsp3) is 0.296. The van der Waals surface area contributed by atoms with Crippen LogP contribution in [0.2, 0.25) is 0 Å². The summed E-state index contributed by atoms with van der Waals surface area (Å²) in [7, 11) is 0. The number of hydrogen-bond donors (Lipinski definition) is 1. The van der Waals surface area contributed by atoms with Crippen molar-refractivity contribution in [3.8, 4) is 0 Å². The molecule has 2 aliphatic rings. The van der Waals surface area contributed by atoms with Crippen LogP contribution in [0.3, 0.4) is 0 Å². The average molecular weight is 474 g/mol. The number of aliphatic imine (C=N–C) groups is 1. The minimum Gasteiger partial charge on any atom is -0.376 e. The summed E-state index contributed by atoms with van der Waals surface area (Å²) in [6, 6.07) is 21.6. The molecule has 2 unspecified atom stereocenters. The van der Waals surface area contributed by atoms with E-state index in [1.165, 1.54) is 11.8 Å². The molecule has 0 radical (unpaired) electrons. The van der Waals surface area contributed by atoms with Gasteiger partial charge in [-0.05, 0) is 42.8 Å². The molecular weight excluding hydrogens is 446 g/mol. The van der Waals surface area contributed by atoms with E-state index in [9.17, 15) is 9.59 Å². The summed E-state index contributed by atoms with van der Waals surface area (Å²) in [6.07, 6.45) is 2.02. The highest BCUT2D eigenvalue weighted by Crippen LogP contribution is 2.34. The summed E-state index contributed by atoms with van der Waals surface area (Å²) < 4.78 is 5.78. The van der Waals surface area contributed by atoms with E-state index >= 15 is 0 Å². The molecule has 0 spiro atoms. The van der Waals surface area contributed by atoms with Crippen LogP contribution in [0.5, 0.6) is 0 Å². The summed E-state index contributed by atoms with van der Waals surface area (Å²) in [6.45, 7) is 3.19. The first-order valence-corrected chi connectivity index (χ1v) is 12.5. The molecule has 2 amide bonds. The van der Waals surface area contributed by atoms with E-state index in [1.54, 1.807) is 4.90 Å². The first-order valence-electron chi connectivity index (χ1n) is 11.6. The van der Waals surface area contributed by atoms with Crippen LogP contribution in [0.15, 0.2) is 71.7 Å². The fourth-order valence-corrected chi connectivity index (χ4v) is 5.54. The van der Waals surface area contributed by atoms with Crippen LogP contribution in [-0.2, 0) is 14.3 Å². The van der Waals surface area contributed by atoms with Crippen molar-refractivity contribution in [3.05, 3.63) is 72.3 Å². The number of hydrogen-bond acceptors (Lipinski definition) is 5. The third kappa shape index (κ3) is 4.86. The molecule has 7 heteroatoms. The maximum absolute atomic E-state index is 13.4. The van der Waals surface area contributed by atoms with Gasteiger partial charge in [-0.1, -0.05) is 66.4 Å². The normalized spacial score (nSPS) is 21.5. The van der Waals surface area contributed by atoms with E-state index in [-0.39, 0.29) is 24.3 Å². The van der Waals surface area contributed by atoms with Crippen molar-refractivity contribution in [2.45, 2.75) is 37.5 Å². The number of nitrogens with one attached hydrogen (secondary N) is 1. The van der Waals surface area contributed by atoms with Gasteiger partial charge in [-0.15, -0.1) is 0 Å². The number of fused-ring (bicyclic) bond motifs is 1. The molecule has 2 atom stereocenters. The molecule has 0 aliphatic carbocycles. The molecule has 1 N–H and O–H groups in total. The predicted octanol–water partition coefficient (Wildman–Crippen LogP) is 5.29. The molecule has 2 saturated heterocycles. The predicted molar refractivity (Wildman–Crippen MR) is 138 cm³/mol. The molecule has 3 aromatic carbocycles. The van der Waals surface area contributed by atoms with E-state index in [0.29, 0.717) is 11.7 Å². The number of aryl methyl sites for hydroxylation is 1. The third-order valence-electron chi connectivity index (χ3n) is 6.20. The highest BCUT2D eigenvalue weighted by Gasteiger charge is 2.40. The molecule has 2 aliphatic heterocycles. The molecule has 2 fully saturated rings. The summed E-state index contributed by atoms with van der Waals surface area (Å²) in [4.78, 5) is 32.9. The molecule has 0 bridgehead atoms. The number of thioether (sulfide) groups is 1. The molecular formula is C27H27N3O3S. The summed E-state index contributed by atoms with van der Waals surface area (Å²) in [5.74, 6) is -0.266. The van der Waals surface area contributed by atoms with Crippen molar-refractivity contribution in [3.63, 3.8) is 0 Å². The van der Waals surface area contributed by atoms with Crippen molar-refractivity contribution >= 4 is 50.9 Å². The van der Waals surface area contributed by atoms with Crippen LogP contribution in [0.4, 0.5) is 11.4 Å². The Balaban J connectivity index is 1.35. The molecule has 0 aromatic heterocycles. The Morgan fingerprint density at radius 3 is 2.74 bits per heavy atom. The lowest BCUT2D eigenvalue weighted by atomic mass is 10.1. The van der Waals surface area contributed by atoms with E-state index < -0.39 is 5.25 Å². The van der Waals surface area contributed by atoms with Crippen molar-refractivity contribution in [1.82, 2.24) is 4.90 Å². The Kier molecular flexibility index (Phi) is 6.65. The van der Waals surface area contributed by atoms with Gasteiger partial charge in [0.15, 0.2) is 5.17 Å². The van der Waals surface area contributed by atoms with E-state index in [1.807, 2.05) is 73.7 Å². The topological polar surface area (TPSA) is 71.0 Å². The van der Waals surface area contributed by atoms with E-state index in [0.717, 1.165) is 47.2 Å². The van der Waals surface area contributed by atoms with Gasteiger partial charge in [-0.2, -0.15) is 0 Å². The van der Waals surface area contributed by atoms with Crippen molar-refractivity contribution in [1.29, 1.82) is 0 Å². The second-order valence-corrected chi connectivity index (χ2v) is 9.82. The zero-order chi connectivity index (χ0) is 23.5. The number of amidine groups is 1. The fourth-order valence-electron chi connectivity index (χ4n) is 4.38. The minimum atomic E-state index is -0.515. The van der Waals surface area contributed by atoms with Gasteiger partial charge in [0.05, 0.1) is 18.3 Å². The van der Waals surface area contributed by atoms with Gasteiger partial charge >= 0.3 is 0 Å². The molecule has 2 heterocycles. The molecule has 174 valence electrons. The monoisotopic (exact) mass is 473 g/mol. The second kappa shape index (κ2) is 9.99. The van der Waals surface area contributed by atoms with E-state index in [2.05, 4.69) is 5.32 Å². The maximum Gasteiger partial charge on any atom is 0.242 e. The number of ether oxygens (including phenoxy) is 1. The van der Waals surface area contributed by atoms with Crippen molar-refractivity contribution in [2.24, 2.45) is 4.99 Å². The summed E-state index contributed by atoms with van der Waals surface area (Å²) in [5.41, 5.74) is 2.62. The van der Waals surface area contributed by atoms with Gasteiger partial charge in [0.1, 0.15) is 5.25 Å². The first-order chi connectivity index (χ1) is 16.6. The number of rotatable bonds is 6. The Hall–Kier alpha value is -3.16. The standard InChI is InChI=1S/C27H27N3O3S/c1-18-8-2-5-13-22(18)29-27-30(17-20-11-7-15-33-20)26(32)24(34-27)16-25(31)28-23-14-6-10-19-9-3-4-12-21(19)23/h2-6,8-10,12-14,20,24H,7,11,15-17H2,1H3,(H,28,31). The molecule has 5 rings (SSSR count). The third-order valence-corrected chi connectivity index (χ3v) is 7.37. The first kappa shape index (κ1) is 22.6. The van der Waals surface area contributed by atoms with Crippen LogP contribution < -0.4 is 5.32 Å². The number of carbonyl (C=O) groups excluding carboxylic acids is 2. The molecule has 3 aromatic rings. The lowest BCUT2D eigenvalue weighted by Gasteiger charge is -2.20. The van der Waals surface area contributed by atoms with Crippen molar-refractivity contribution < 1.29 is 14.3 Å². The average Bonchev–Trinajstić information content (AvgIpc) is 3.45. The van der Waals surface area contributed by atoms with Gasteiger partial charge in [-0.3, -0.25) is 14.5 Å². The Bertz CT molecular complexity index is 1250. The highest BCUT2D eigenvalue weighted by molar-refractivity contribution is 8.15.